The lowest BCUT2D eigenvalue weighted by Crippen LogP contribution is -2.17. The summed E-state index contributed by atoms with van der Waals surface area (Å²) in [5.74, 6) is -0.00548. The first-order chi connectivity index (χ1) is 11.5. The normalized spacial score (nSPS) is 11.0. The molecular formula is C15H17BrN4O3S. The number of nitrogens with one attached hydrogen (secondary N) is 1. The average molecular weight is 413 g/mol. The Balaban J connectivity index is 2.12. The number of benzene rings is 1. The van der Waals surface area contributed by atoms with Gasteiger partial charge in [0.25, 0.3) is 5.91 Å². The number of hydrazone groups is 1. The van der Waals surface area contributed by atoms with Crippen molar-refractivity contribution in [2.45, 2.75) is 20.3 Å². The first-order valence-electron chi connectivity index (χ1n) is 7.20. The Morgan fingerprint density at radius 1 is 1.54 bits per heavy atom. The second kappa shape index (κ2) is 8.11. The first kappa shape index (κ1) is 18.2. The van der Waals surface area contributed by atoms with Crippen LogP contribution in [0.2, 0.25) is 0 Å². The van der Waals surface area contributed by atoms with Crippen LogP contribution in [0, 0.1) is 0 Å². The minimum absolute atomic E-state index is 0.0192. The summed E-state index contributed by atoms with van der Waals surface area (Å²) in [6.45, 7) is 4.14. The molecule has 0 unspecified atom stereocenters. The fourth-order valence-corrected chi connectivity index (χ4v) is 3.21. The Kier molecular flexibility index (Phi) is 6.16. The van der Waals surface area contributed by atoms with Gasteiger partial charge in [-0.15, -0.1) is 0 Å². The number of aromatic hydroxyl groups is 1. The van der Waals surface area contributed by atoms with Gasteiger partial charge in [-0.1, -0.05) is 18.3 Å². The summed E-state index contributed by atoms with van der Waals surface area (Å²) < 4.78 is 5.82. The second-order valence-electron chi connectivity index (χ2n) is 4.66. The van der Waals surface area contributed by atoms with Crippen LogP contribution in [0.5, 0.6) is 11.5 Å². The summed E-state index contributed by atoms with van der Waals surface area (Å²) in [6.07, 6.45) is 2.07. The van der Waals surface area contributed by atoms with Crippen molar-refractivity contribution < 1.29 is 14.6 Å². The molecule has 1 heterocycles. The van der Waals surface area contributed by atoms with E-state index < -0.39 is 0 Å². The van der Waals surface area contributed by atoms with E-state index >= 15 is 0 Å². The first-order valence-corrected chi connectivity index (χ1v) is 8.81. The van der Waals surface area contributed by atoms with Crippen molar-refractivity contribution in [1.29, 1.82) is 0 Å². The molecule has 4 N–H and O–H groups in total. The van der Waals surface area contributed by atoms with Crippen LogP contribution in [-0.4, -0.2) is 28.8 Å². The quantitative estimate of drug-likeness (QED) is 0.498. The Bertz CT molecular complexity index is 776. The van der Waals surface area contributed by atoms with E-state index in [2.05, 4.69) is 31.4 Å². The number of hydrogen-bond donors (Lipinski definition) is 3. The number of anilines is 1. The third-order valence-electron chi connectivity index (χ3n) is 2.99. The summed E-state index contributed by atoms with van der Waals surface area (Å²) in [7, 11) is 0. The number of phenols is 1. The standard InChI is InChI=1S/C15H17BrN4O3S/c1-3-10-13(24-15(17)19-10)14(22)20-18-7-8-5-9(16)12(21)11(6-8)23-4-2/h5-7,21H,3-4H2,1-2H3,(H2,17,19)(H,20,22)/b18-7+. The molecule has 7 nitrogen and oxygen atoms in total. The van der Waals surface area contributed by atoms with Crippen LogP contribution in [0.15, 0.2) is 21.7 Å². The number of amides is 1. The molecule has 1 amide bonds. The number of carbonyl (C=O) groups excluding carboxylic acids is 1. The third kappa shape index (κ3) is 4.24. The van der Waals surface area contributed by atoms with Crippen LogP contribution >= 0.6 is 27.3 Å². The number of aromatic nitrogens is 1. The van der Waals surface area contributed by atoms with E-state index in [1.54, 1.807) is 12.1 Å². The van der Waals surface area contributed by atoms with E-state index in [9.17, 15) is 9.90 Å². The molecule has 1 aromatic heterocycles. The van der Waals surface area contributed by atoms with Gasteiger partial charge in [0.1, 0.15) is 4.88 Å². The Morgan fingerprint density at radius 2 is 2.29 bits per heavy atom. The van der Waals surface area contributed by atoms with Crippen LogP contribution in [0.4, 0.5) is 5.13 Å². The monoisotopic (exact) mass is 412 g/mol. The summed E-state index contributed by atoms with van der Waals surface area (Å²) >= 11 is 4.37. The van der Waals surface area contributed by atoms with Crippen LogP contribution in [-0.2, 0) is 6.42 Å². The Labute approximate surface area is 151 Å². The van der Waals surface area contributed by atoms with Crippen LogP contribution in [0.3, 0.4) is 0 Å². The molecule has 0 saturated carbocycles. The van der Waals surface area contributed by atoms with Gasteiger partial charge in [0.2, 0.25) is 0 Å². The molecule has 2 aromatic rings. The van der Waals surface area contributed by atoms with Crippen molar-refractivity contribution in [3.63, 3.8) is 0 Å². The highest BCUT2D eigenvalue weighted by molar-refractivity contribution is 9.10. The molecular weight excluding hydrogens is 396 g/mol. The average Bonchev–Trinajstić information content (AvgIpc) is 2.93. The molecule has 128 valence electrons. The lowest BCUT2D eigenvalue weighted by molar-refractivity contribution is 0.0958. The molecule has 0 aliphatic carbocycles. The lowest BCUT2D eigenvalue weighted by Gasteiger charge is -2.08. The molecule has 24 heavy (non-hydrogen) atoms. The molecule has 1 aromatic carbocycles. The smallest absolute Gasteiger partial charge is 0.283 e. The number of aryl methyl sites for hydroxylation is 1. The summed E-state index contributed by atoms with van der Waals surface area (Å²) in [6, 6.07) is 3.29. The van der Waals surface area contributed by atoms with E-state index in [1.165, 1.54) is 6.21 Å². The second-order valence-corrected chi connectivity index (χ2v) is 6.55. The Hall–Kier alpha value is -2.13. The highest BCUT2D eigenvalue weighted by atomic mass is 79.9. The maximum absolute atomic E-state index is 12.1. The van der Waals surface area contributed by atoms with Crippen LogP contribution in [0.1, 0.15) is 34.8 Å². The zero-order valence-corrected chi connectivity index (χ0v) is 15.6. The number of rotatable bonds is 6. The highest BCUT2D eigenvalue weighted by Crippen LogP contribution is 2.35. The molecule has 0 saturated heterocycles. The number of nitrogens with two attached hydrogens (primary N) is 1. The van der Waals surface area contributed by atoms with Crippen molar-refractivity contribution in [3.8, 4) is 11.5 Å². The van der Waals surface area contributed by atoms with E-state index in [0.29, 0.717) is 44.5 Å². The molecule has 0 fully saturated rings. The molecule has 0 radical (unpaired) electrons. The molecule has 9 heteroatoms. The fraction of sp³-hybridized carbons (Fsp3) is 0.267. The van der Waals surface area contributed by atoms with E-state index in [1.807, 2.05) is 13.8 Å². The molecule has 2 rings (SSSR count). The topological polar surface area (TPSA) is 110 Å². The minimum atomic E-state index is -0.361. The van der Waals surface area contributed by atoms with Gasteiger partial charge in [0, 0.05) is 0 Å². The van der Waals surface area contributed by atoms with Gasteiger partial charge < -0.3 is 15.6 Å². The zero-order chi connectivity index (χ0) is 17.7. The van der Waals surface area contributed by atoms with Gasteiger partial charge >= 0.3 is 0 Å². The maximum Gasteiger partial charge on any atom is 0.283 e. The van der Waals surface area contributed by atoms with Gasteiger partial charge in [0.05, 0.1) is 23.0 Å². The largest absolute Gasteiger partial charge is 0.503 e. The summed E-state index contributed by atoms with van der Waals surface area (Å²) in [4.78, 5) is 16.7. The van der Waals surface area contributed by atoms with Crippen molar-refractivity contribution in [2.75, 3.05) is 12.3 Å². The Morgan fingerprint density at radius 3 is 2.96 bits per heavy atom. The number of ether oxygens (including phenoxy) is 1. The highest BCUT2D eigenvalue weighted by Gasteiger charge is 2.15. The number of nitrogens with zero attached hydrogens (tertiary/aromatic N) is 2. The third-order valence-corrected chi connectivity index (χ3v) is 4.52. The van der Waals surface area contributed by atoms with Gasteiger partial charge in [-0.25, -0.2) is 10.4 Å². The predicted molar refractivity (Wildman–Crippen MR) is 97.9 cm³/mol. The zero-order valence-electron chi connectivity index (χ0n) is 13.2. The lowest BCUT2D eigenvalue weighted by atomic mass is 10.2. The number of halogens is 1. The van der Waals surface area contributed by atoms with Gasteiger partial charge in [0.15, 0.2) is 16.6 Å². The van der Waals surface area contributed by atoms with Crippen LogP contribution in [0.25, 0.3) is 0 Å². The van der Waals surface area contributed by atoms with Crippen LogP contribution < -0.4 is 15.9 Å². The molecule has 0 aliphatic heterocycles. The fourth-order valence-electron chi connectivity index (χ4n) is 1.94. The predicted octanol–water partition coefficient (Wildman–Crippen LogP) is 2.92. The minimum Gasteiger partial charge on any atom is -0.503 e. The molecule has 0 aliphatic rings. The SMILES string of the molecule is CCOc1cc(/C=N/NC(=O)c2sc(N)nc2CC)cc(Br)c1O. The van der Waals surface area contributed by atoms with E-state index in [0.717, 1.165) is 11.3 Å². The van der Waals surface area contributed by atoms with Gasteiger partial charge in [-0.3, -0.25) is 4.79 Å². The molecule has 0 atom stereocenters. The van der Waals surface area contributed by atoms with Gasteiger partial charge in [-0.05, 0) is 47.0 Å². The summed E-state index contributed by atoms with van der Waals surface area (Å²) in [5, 5.41) is 14.2. The van der Waals surface area contributed by atoms with E-state index in [4.69, 9.17) is 10.5 Å². The number of hydrogen-bond acceptors (Lipinski definition) is 7. The number of carbonyl (C=O) groups is 1. The van der Waals surface area contributed by atoms with Gasteiger partial charge in [-0.2, -0.15) is 5.10 Å². The number of thiazole rings is 1. The molecule has 0 bridgehead atoms. The maximum atomic E-state index is 12.1. The number of phenolic OH excluding ortho intramolecular Hbond substituents is 1. The van der Waals surface area contributed by atoms with Crippen molar-refractivity contribution in [1.82, 2.24) is 10.4 Å². The summed E-state index contributed by atoms with van der Waals surface area (Å²) in [5.41, 5.74) is 9.39. The van der Waals surface area contributed by atoms with Crippen molar-refractivity contribution in [2.24, 2.45) is 5.10 Å². The van der Waals surface area contributed by atoms with Crippen molar-refractivity contribution >= 4 is 44.5 Å². The van der Waals surface area contributed by atoms with E-state index in [-0.39, 0.29) is 11.7 Å². The number of nitrogen functional groups attached to an aromatic ring is 1. The molecule has 0 spiro atoms. The van der Waals surface area contributed by atoms with Crippen molar-refractivity contribution in [3.05, 3.63) is 32.7 Å².